The van der Waals surface area contributed by atoms with Crippen LogP contribution in [0.3, 0.4) is 0 Å². The molecule has 1 fully saturated rings. The van der Waals surface area contributed by atoms with Crippen molar-refractivity contribution in [1.29, 1.82) is 0 Å². The molecule has 0 radical (unpaired) electrons. The van der Waals surface area contributed by atoms with Gasteiger partial charge in [-0.1, -0.05) is 45.4 Å². The summed E-state index contributed by atoms with van der Waals surface area (Å²) >= 11 is 0. The molecule has 0 amide bonds. The number of nitrogen functional groups attached to an aromatic ring is 1. The van der Waals surface area contributed by atoms with Crippen LogP contribution in [0, 0.1) is 11.3 Å². The van der Waals surface area contributed by atoms with Gasteiger partial charge in [0.2, 0.25) is 0 Å². The third-order valence-electron chi connectivity index (χ3n) is 6.39. The van der Waals surface area contributed by atoms with Gasteiger partial charge in [0, 0.05) is 12.4 Å². The Morgan fingerprint density at radius 3 is 2.49 bits per heavy atom. The summed E-state index contributed by atoms with van der Waals surface area (Å²) in [4.78, 5) is 41.0. The van der Waals surface area contributed by atoms with E-state index in [0.29, 0.717) is 18.4 Å². The number of hydrogen-bond donors (Lipinski definition) is 2. The molecule has 0 bridgehead atoms. The molecular weight excluding hydrogens is 551 g/mol. The number of benzene rings is 1. The summed E-state index contributed by atoms with van der Waals surface area (Å²) in [6.45, 7) is 8.42. The molecule has 41 heavy (non-hydrogen) atoms. The lowest BCUT2D eigenvalue weighted by Gasteiger charge is -2.25. The number of hydrogen-bond acceptors (Lipinski definition) is 10. The average Bonchev–Trinajstić information content (AvgIpc) is 3.60. The fourth-order valence-corrected chi connectivity index (χ4v) is 5.45. The molecule has 1 heterocycles. The van der Waals surface area contributed by atoms with E-state index >= 15 is 0 Å². The molecule has 1 aliphatic rings. The maximum absolute atomic E-state index is 14.0. The van der Waals surface area contributed by atoms with Crippen molar-refractivity contribution < 1.29 is 32.7 Å². The summed E-state index contributed by atoms with van der Waals surface area (Å²) in [5.74, 6) is -1.04. The van der Waals surface area contributed by atoms with Crippen LogP contribution >= 0.6 is 7.75 Å². The highest BCUT2D eigenvalue weighted by Crippen LogP contribution is 2.56. The number of para-hydroxylation sites is 1. The molecule has 1 aliphatic carbocycles. The van der Waals surface area contributed by atoms with E-state index in [1.54, 1.807) is 57.3 Å². The van der Waals surface area contributed by atoms with Crippen molar-refractivity contribution in [3.05, 3.63) is 58.7 Å². The van der Waals surface area contributed by atoms with Gasteiger partial charge >= 0.3 is 25.4 Å². The van der Waals surface area contributed by atoms with E-state index < -0.39 is 36.8 Å². The highest BCUT2D eigenvalue weighted by atomic mass is 31.2. The Morgan fingerprint density at radius 1 is 1.15 bits per heavy atom. The molecule has 0 saturated heterocycles. The first-order valence-corrected chi connectivity index (χ1v) is 15.1. The minimum absolute atomic E-state index is 0.0789. The molecule has 12 nitrogen and oxygen atoms in total. The van der Waals surface area contributed by atoms with Crippen LogP contribution in [0.15, 0.2) is 53.0 Å². The molecule has 1 unspecified atom stereocenters. The van der Waals surface area contributed by atoms with Crippen LogP contribution in [0.25, 0.3) is 6.20 Å². The molecule has 0 spiro atoms. The topological polar surface area (TPSA) is 161 Å². The molecule has 3 N–H and O–H groups in total. The van der Waals surface area contributed by atoms with Gasteiger partial charge in [0.15, 0.2) is 0 Å². The van der Waals surface area contributed by atoms with Gasteiger partial charge in [-0.05, 0) is 50.5 Å². The molecule has 1 saturated carbocycles. The fraction of sp³-hybridized carbons (Fsp3) is 0.500. The first-order chi connectivity index (χ1) is 19.4. The second-order valence-electron chi connectivity index (χ2n) is 10.5. The summed E-state index contributed by atoms with van der Waals surface area (Å²) in [5.41, 5.74) is 4.83. The number of nitrogens with one attached hydrogen (secondary N) is 1. The van der Waals surface area contributed by atoms with Gasteiger partial charge in [0.1, 0.15) is 24.2 Å². The van der Waals surface area contributed by atoms with Gasteiger partial charge in [0.05, 0.1) is 24.0 Å². The Balaban J connectivity index is 1.84. The normalized spacial score (nSPS) is 20.2. The predicted molar refractivity (Wildman–Crippen MR) is 154 cm³/mol. The molecule has 3 rings (SSSR count). The second kappa shape index (κ2) is 13.9. The predicted octanol–water partition coefficient (Wildman–Crippen LogP) is 4.17. The summed E-state index contributed by atoms with van der Waals surface area (Å²) in [7, 11) is -4.17. The Labute approximate surface area is 239 Å². The van der Waals surface area contributed by atoms with Crippen molar-refractivity contribution in [3.63, 3.8) is 0 Å². The first kappa shape index (κ1) is 32.0. The van der Waals surface area contributed by atoms with Crippen LogP contribution in [0.5, 0.6) is 5.75 Å². The number of rotatable bonds is 15. The van der Waals surface area contributed by atoms with E-state index in [-0.39, 0.29) is 36.8 Å². The van der Waals surface area contributed by atoms with Gasteiger partial charge in [-0.15, -0.1) is 0 Å². The fourth-order valence-electron chi connectivity index (χ4n) is 3.87. The third kappa shape index (κ3) is 9.27. The Bertz CT molecular complexity index is 1350. The Hall–Kier alpha value is -3.47. The first-order valence-electron chi connectivity index (χ1n) is 13.6. The number of esters is 2. The lowest BCUT2D eigenvalue weighted by Crippen LogP contribution is -2.37. The highest BCUT2D eigenvalue weighted by molar-refractivity contribution is 7.52. The molecule has 1 aromatic heterocycles. The zero-order valence-corrected chi connectivity index (χ0v) is 25.0. The van der Waals surface area contributed by atoms with Crippen LogP contribution < -0.4 is 21.0 Å². The maximum Gasteiger partial charge on any atom is 0.459 e. The van der Waals surface area contributed by atoms with E-state index in [4.69, 9.17) is 24.3 Å². The van der Waals surface area contributed by atoms with Crippen LogP contribution in [-0.4, -0.2) is 46.8 Å². The van der Waals surface area contributed by atoms with Crippen molar-refractivity contribution >= 4 is 31.7 Å². The van der Waals surface area contributed by atoms with Gasteiger partial charge in [-0.25, -0.2) is 9.36 Å². The van der Waals surface area contributed by atoms with Crippen LogP contribution in [0.1, 0.15) is 53.9 Å². The quantitative estimate of drug-likeness (QED) is 0.226. The molecule has 1 aromatic carbocycles. The molecule has 0 aliphatic heterocycles. The molecule has 224 valence electrons. The number of ether oxygens (including phenoxy) is 2. The van der Waals surface area contributed by atoms with Crippen molar-refractivity contribution in [2.45, 2.75) is 66.0 Å². The Morgan fingerprint density at radius 2 is 1.85 bits per heavy atom. The summed E-state index contributed by atoms with van der Waals surface area (Å²) in [6.07, 6.45) is 4.63. The van der Waals surface area contributed by atoms with Crippen LogP contribution in [-0.2, 0) is 28.2 Å². The largest absolute Gasteiger partial charge is 0.464 e. The lowest BCUT2D eigenvalue weighted by atomic mass is 10.1. The van der Waals surface area contributed by atoms with Crippen molar-refractivity contribution in [2.24, 2.45) is 11.3 Å². The van der Waals surface area contributed by atoms with Crippen LogP contribution in [0.4, 0.5) is 5.82 Å². The molecule has 4 atom stereocenters. The molecule has 2 aromatic rings. The van der Waals surface area contributed by atoms with Crippen molar-refractivity contribution in [2.75, 3.05) is 18.9 Å². The number of carbonyl (C=O) groups excluding carboxylic acids is 2. The second-order valence-corrected chi connectivity index (χ2v) is 12.2. The van der Waals surface area contributed by atoms with E-state index in [2.05, 4.69) is 10.1 Å². The summed E-state index contributed by atoms with van der Waals surface area (Å²) < 4.78 is 37.9. The van der Waals surface area contributed by atoms with Crippen LogP contribution in [0.2, 0.25) is 0 Å². The zero-order chi connectivity index (χ0) is 30.2. The number of nitrogens with two attached hydrogens (primary N) is 1. The van der Waals surface area contributed by atoms with Crippen molar-refractivity contribution in [3.8, 4) is 5.75 Å². The number of nitrogens with zero attached hydrogens (tertiary/aromatic N) is 2. The Kier molecular flexibility index (Phi) is 10.9. The SMILES string of the molecule is CCC[C@H](C)OC(=O)[C@H](C)N[P@](=O)(OCC1(COC(=O)C(C)C)C/C1=C/n1ccc(N)nc1=O)Oc1ccccc1. The zero-order valence-electron chi connectivity index (χ0n) is 24.1. The van der Waals surface area contributed by atoms with Crippen molar-refractivity contribution in [1.82, 2.24) is 14.6 Å². The van der Waals surface area contributed by atoms with E-state index in [1.165, 1.54) is 23.8 Å². The van der Waals surface area contributed by atoms with E-state index in [1.807, 2.05) is 6.92 Å². The van der Waals surface area contributed by atoms with Gasteiger partial charge < -0.3 is 19.7 Å². The molecular formula is C28H39N4O8P. The minimum atomic E-state index is -4.17. The number of carbonyl (C=O) groups is 2. The number of aromatic nitrogens is 2. The number of anilines is 1. The average molecular weight is 591 g/mol. The van der Waals surface area contributed by atoms with Gasteiger partial charge in [0.25, 0.3) is 0 Å². The summed E-state index contributed by atoms with van der Waals surface area (Å²) in [6, 6.07) is 8.85. The monoisotopic (exact) mass is 590 g/mol. The van der Waals surface area contributed by atoms with Gasteiger partial charge in [-0.3, -0.25) is 18.7 Å². The standard InChI is InChI=1S/C28H39N4O8P/c1-6-10-20(4)39-26(34)21(5)31-41(36,40-23-11-8-7-9-12-23)38-18-28(17-37-25(33)19(2)3)15-22(28)16-32-14-13-24(29)30-27(32)35/h7-9,11-14,16,19-21H,6,10,15,17-18H2,1-5H3,(H,31,36)(H2,29,30,35)/b22-16-/t20-,21-,28?,41-/m0/s1. The van der Waals surface area contributed by atoms with E-state index in [9.17, 15) is 18.9 Å². The minimum Gasteiger partial charge on any atom is -0.464 e. The highest BCUT2D eigenvalue weighted by Gasteiger charge is 2.52. The van der Waals surface area contributed by atoms with E-state index in [0.717, 1.165) is 6.42 Å². The third-order valence-corrected chi connectivity index (χ3v) is 8.01. The van der Waals surface area contributed by atoms with Gasteiger partial charge in [-0.2, -0.15) is 10.1 Å². The summed E-state index contributed by atoms with van der Waals surface area (Å²) in [5, 5.41) is 2.68. The smallest absolute Gasteiger partial charge is 0.459 e. The molecule has 13 heteroatoms. The maximum atomic E-state index is 14.0. The lowest BCUT2D eigenvalue weighted by molar-refractivity contribution is -0.151.